The predicted octanol–water partition coefficient (Wildman–Crippen LogP) is 0.478. The SMILES string of the molecule is Cc1nc(NCC(C)(C)N(C)C)cc2n[nH]c(=O)n12. The van der Waals surface area contributed by atoms with Crippen LogP contribution in [0.1, 0.15) is 19.7 Å². The third-order valence-electron chi connectivity index (χ3n) is 3.48. The lowest BCUT2D eigenvalue weighted by atomic mass is 10.0. The van der Waals surface area contributed by atoms with Crippen molar-refractivity contribution in [3.63, 3.8) is 0 Å². The molecule has 2 heterocycles. The van der Waals surface area contributed by atoms with Gasteiger partial charge in [-0.25, -0.2) is 19.3 Å². The molecule has 0 spiro atoms. The van der Waals surface area contributed by atoms with Crippen molar-refractivity contribution < 1.29 is 0 Å². The van der Waals surface area contributed by atoms with Crippen LogP contribution in [0.3, 0.4) is 0 Å². The molecule has 0 amide bonds. The van der Waals surface area contributed by atoms with Crippen molar-refractivity contribution in [2.24, 2.45) is 0 Å². The van der Waals surface area contributed by atoms with Crippen molar-refractivity contribution in [2.45, 2.75) is 26.3 Å². The standard InChI is InChI=1S/C12H20N6O/c1-8-14-9(13-7-12(2,3)17(4)5)6-10-15-16-11(19)18(8)10/h6,13H,7H2,1-5H3,(H,16,19). The number of nitrogens with one attached hydrogen (secondary N) is 2. The Morgan fingerprint density at radius 1 is 1.47 bits per heavy atom. The highest BCUT2D eigenvalue weighted by Gasteiger charge is 2.20. The monoisotopic (exact) mass is 264 g/mol. The van der Waals surface area contributed by atoms with E-state index in [1.165, 1.54) is 4.40 Å². The number of nitrogens with zero attached hydrogens (tertiary/aromatic N) is 4. The van der Waals surface area contributed by atoms with Gasteiger partial charge in [-0.2, -0.15) is 5.10 Å². The molecule has 0 atom stereocenters. The molecular formula is C12H20N6O. The fraction of sp³-hybridized carbons (Fsp3) is 0.583. The summed E-state index contributed by atoms with van der Waals surface area (Å²) in [6.45, 7) is 6.82. The molecule has 2 N–H and O–H groups in total. The van der Waals surface area contributed by atoms with E-state index in [4.69, 9.17) is 0 Å². The van der Waals surface area contributed by atoms with Crippen molar-refractivity contribution in [1.82, 2.24) is 24.5 Å². The number of hydrogen-bond donors (Lipinski definition) is 2. The Morgan fingerprint density at radius 2 is 2.16 bits per heavy atom. The van der Waals surface area contributed by atoms with Gasteiger partial charge in [0.25, 0.3) is 0 Å². The van der Waals surface area contributed by atoms with Gasteiger partial charge in [-0.05, 0) is 34.9 Å². The van der Waals surface area contributed by atoms with Crippen molar-refractivity contribution in [1.29, 1.82) is 0 Å². The Hall–Kier alpha value is -1.89. The van der Waals surface area contributed by atoms with Crippen LogP contribution in [-0.4, -0.2) is 50.7 Å². The summed E-state index contributed by atoms with van der Waals surface area (Å²) in [5, 5.41) is 9.66. The number of aryl methyl sites for hydroxylation is 1. The molecule has 19 heavy (non-hydrogen) atoms. The average Bonchev–Trinajstić information content (AvgIpc) is 2.69. The Bertz CT molecular complexity index is 639. The van der Waals surface area contributed by atoms with Crippen LogP contribution in [0.4, 0.5) is 5.82 Å². The Balaban J connectivity index is 2.25. The summed E-state index contributed by atoms with van der Waals surface area (Å²) < 4.78 is 1.45. The van der Waals surface area contributed by atoms with E-state index >= 15 is 0 Å². The van der Waals surface area contributed by atoms with Gasteiger partial charge >= 0.3 is 5.69 Å². The van der Waals surface area contributed by atoms with Gasteiger partial charge < -0.3 is 10.2 Å². The third kappa shape index (κ3) is 2.60. The van der Waals surface area contributed by atoms with Gasteiger partial charge in [0, 0.05) is 18.2 Å². The highest BCUT2D eigenvalue weighted by Crippen LogP contribution is 2.13. The first-order valence-electron chi connectivity index (χ1n) is 6.17. The molecule has 0 fully saturated rings. The van der Waals surface area contributed by atoms with Gasteiger partial charge in [-0.15, -0.1) is 0 Å². The Labute approximate surface area is 111 Å². The highest BCUT2D eigenvalue weighted by atomic mass is 16.1. The number of fused-ring (bicyclic) bond motifs is 1. The smallest absolute Gasteiger partial charge is 0.349 e. The number of aromatic nitrogens is 4. The minimum Gasteiger partial charge on any atom is -0.368 e. The molecular weight excluding hydrogens is 244 g/mol. The van der Waals surface area contributed by atoms with Crippen molar-refractivity contribution in [3.05, 3.63) is 22.4 Å². The summed E-state index contributed by atoms with van der Waals surface area (Å²) in [6.07, 6.45) is 0. The van der Waals surface area contributed by atoms with Crippen molar-refractivity contribution >= 4 is 11.5 Å². The fourth-order valence-electron chi connectivity index (χ4n) is 1.65. The molecule has 0 aromatic carbocycles. The van der Waals surface area contributed by atoms with E-state index in [-0.39, 0.29) is 11.2 Å². The summed E-state index contributed by atoms with van der Waals surface area (Å²) in [4.78, 5) is 18.0. The molecule has 0 aliphatic rings. The van der Waals surface area contributed by atoms with Gasteiger partial charge in [0.1, 0.15) is 11.6 Å². The van der Waals surface area contributed by atoms with Crippen LogP contribution in [0.2, 0.25) is 0 Å². The number of hydrogen-bond acceptors (Lipinski definition) is 5. The molecule has 0 unspecified atom stereocenters. The summed E-state index contributed by atoms with van der Waals surface area (Å²) in [7, 11) is 4.08. The summed E-state index contributed by atoms with van der Waals surface area (Å²) >= 11 is 0. The van der Waals surface area contributed by atoms with E-state index in [1.807, 2.05) is 14.1 Å². The van der Waals surface area contributed by atoms with E-state index in [0.717, 1.165) is 12.4 Å². The zero-order valence-electron chi connectivity index (χ0n) is 12.0. The van der Waals surface area contributed by atoms with E-state index in [2.05, 4.69) is 39.2 Å². The average molecular weight is 264 g/mol. The van der Waals surface area contributed by atoms with E-state index < -0.39 is 0 Å². The first kappa shape index (κ1) is 13.5. The van der Waals surface area contributed by atoms with Crippen LogP contribution < -0.4 is 11.0 Å². The Kier molecular flexibility index (Phi) is 3.32. The normalized spacial score (nSPS) is 12.3. The van der Waals surface area contributed by atoms with Crippen LogP contribution in [0, 0.1) is 6.92 Å². The summed E-state index contributed by atoms with van der Waals surface area (Å²) in [5.74, 6) is 1.33. The summed E-state index contributed by atoms with van der Waals surface area (Å²) in [6, 6.07) is 1.76. The van der Waals surface area contributed by atoms with Crippen LogP contribution in [0.5, 0.6) is 0 Å². The maximum absolute atomic E-state index is 11.5. The van der Waals surface area contributed by atoms with Crippen LogP contribution in [-0.2, 0) is 0 Å². The first-order chi connectivity index (χ1) is 8.81. The fourth-order valence-corrected chi connectivity index (χ4v) is 1.65. The molecule has 0 aliphatic carbocycles. The molecule has 2 rings (SSSR count). The highest BCUT2D eigenvalue weighted by molar-refractivity contribution is 5.49. The van der Waals surface area contributed by atoms with Crippen molar-refractivity contribution in [3.8, 4) is 0 Å². The molecule has 7 nitrogen and oxygen atoms in total. The molecule has 104 valence electrons. The van der Waals surface area contributed by atoms with Crippen LogP contribution >= 0.6 is 0 Å². The van der Waals surface area contributed by atoms with Gasteiger partial charge in [0.2, 0.25) is 0 Å². The molecule has 2 aromatic heterocycles. The van der Waals surface area contributed by atoms with E-state index in [1.54, 1.807) is 13.0 Å². The second kappa shape index (κ2) is 4.65. The predicted molar refractivity (Wildman–Crippen MR) is 74.6 cm³/mol. The molecule has 0 saturated carbocycles. The number of likely N-dealkylation sites (N-methyl/N-ethyl adjacent to an activating group) is 1. The number of aromatic amines is 1. The van der Waals surface area contributed by atoms with Crippen LogP contribution in [0.15, 0.2) is 10.9 Å². The van der Waals surface area contributed by atoms with Gasteiger partial charge in [0.05, 0.1) is 0 Å². The minimum atomic E-state index is -0.264. The molecule has 0 aliphatic heterocycles. The van der Waals surface area contributed by atoms with Gasteiger partial charge in [-0.3, -0.25) is 0 Å². The second-order valence-corrected chi connectivity index (χ2v) is 5.47. The lowest BCUT2D eigenvalue weighted by Gasteiger charge is -2.32. The zero-order chi connectivity index (χ0) is 14.2. The van der Waals surface area contributed by atoms with Gasteiger partial charge in [-0.1, -0.05) is 0 Å². The number of rotatable bonds is 4. The molecule has 0 saturated heterocycles. The number of H-pyrrole nitrogens is 1. The molecule has 0 bridgehead atoms. The third-order valence-corrected chi connectivity index (χ3v) is 3.48. The zero-order valence-corrected chi connectivity index (χ0v) is 12.0. The maximum atomic E-state index is 11.5. The molecule has 7 heteroatoms. The first-order valence-corrected chi connectivity index (χ1v) is 6.17. The van der Waals surface area contributed by atoms with E-state index in [9.17, 15) is 4.79 Å². The molecule has 2 aromatic rings. The van der Waals surface area contributed by atoms with Crippen LogP contribution in [0.25, 0.3) is 5.65 Å². The van der Waals surface area contributed by atoms with Gasteiger partial charge in [0.15, 0.2) is 5.65 Å². The topological polar surface area (TPSA) is 78.3 Å². The second-order valence-electron chi connectivity index (χ2n) is 5.47. The number of anilines is 1. The minimum absolute atomic E-state index is 0.00690. The Morgan fingerprint density at radius 3 is 2.79 bits per heavy atom. The maximum Gasteiger partial charge on any atom is 0.349 e. The molecule has 0 radical (unpaired) electrons. The lowest BCUT2D eigenvalue weighted by Crippen LogP contribution is -2.44. The quantitative estimate of drug-likeness (QED) is 0.839. The van der Waals surface area contributed by atoms with Crippen molar-refractivity contribution in [2.75, 3.05) is 26.0 Å². The summed E-state index contributed by atoms with van der Waals surface area (Å²) in [5.41, 5.74) is 0.315. The largest absolute Gasteiger partial charge is 0.368 e. The van der Waals surface area contributed by atoms with E-state index in [0.29, 0.717) is 11.5 Å². The lowest BCUT2D eigenvalue weighted by molar-refractivity contribution is 0.210.